The van der Waals surface area contributed by atoms with E-state index >= 15 is 0 Å². The summed E-state index contributed by atoms with van der Waals surface area (Å²) in [5.41, 5.74) is 3.80. The van der Waals surface area contributed by atoms with Crippen LogP contribution in [0.15, 0.2) is 42.7 Å². The van der Waals surface area contributed by atoms with Crippen molar-refractivity contribution < 1.29 is 4.74 Å². The van der Waals surface area contributed by atoms with Crippen LogP contribution in [0, 0.1) is 0 Å². The minimum atomic E-state index is 0.592. The van der Waals surface area contributed by atoms with Crippen LogP contribution in [-0.4, -0.2) is 21.2 Å². The van der Waals surface area contributed by atoms with Gasteiger partial charge in [-0.1, -0.05) is 12.1 Å². The maximum Gasteiger partial charge on any atom is 0.159 e. The number of hydrogen-bond donors (Lipinski definition) is 1. The van der Waals surface area contributed by atoms with Crippen molar-refractivity contribution in [3.8, 4) is 17.0 Å². The molecule has 0 saturated carbocycles. The van der Waals surface area contributed by atoms with Gasteiger partial charge in [-0.2, -0.15) is 17.7 Å². The van der Waals surface area contributed by atoms with Crippen LogP contribution in [0.5, 0.6) is 5.75 Å². The first kappa shape index (κ1) is 13.0. The highest BCUT2D eigenvalue weighted by Crippen LogP contribution is 2.28. The highest BCUT2D eigenvalue weighted by atomic mass is 32.1. The molecule has 0 bridgehead atoms. The third-order valence-corrected chi connectivity index (χ3v) is 3.38. The zero-order chi connectivity index (χ0) is 13.9. The van der Waals surface area contributed by atoms with Gasteiger partial charge >= 0.3 is 0 Å². The number of aromatic nitrogens is 3. The van der Waals surface area contributed by atoms with Gasteiger partial charge in [0, 0.05) is 29.3 Å². The number of benzene rings is 1. The van der Waals surface area contributed by atoms with Gasteiger partial charge in [-0.3, -0.25) is 0 Å². The summed E-state index contributed by atoms with van der Waals surface area (Å²) in [5, 5.41) is 4.60. The highest BCUT2D eigenvalue weighted by Gasteiger charge is 2.14. The van der Waals surface area contributed by atoms with Crippen molar-refractivity contribution in [3.05, 3.63) is 48.3 Å². The molecule has 0 fully saturated rings. The quantitative estimate of drug-likeness (QED) is 0.748. The molecule has 2 heterocycles. The predicted molar refractivity (Wildman–Crippen MR) is 82.3 cm³/mol. The van der Waals surface area contributed by atoms with Gasteiger partial charge in [0.1, 0.15) is 5.75 Å². The van der Waals surface area contributed by atoms with E-state index < -0.39 is 0 Å². The molecule has 0 saturated heterocycles. The monoisotopic (exact) mass is 285 g/mol. The van der Waals surface area contributed by atoms with Crippen molar-refractivity contribution in [1.82, 2.24) is 14.6 Å². The fraction of sp³-hybridized carbons (Fsp3) is 0.200. The minimum Gasteiger partial charge on any atom is -0.494 e. The lowest BCUT2D eigenvalue weighted by molar-refractivity contribution is 0.340. The maximum atomic E-state index is 5.55. The lowest BCUT2D eigenvalue weighted by atomic mass is 10.1. The van der Waals surface area contributed by atoms with E-state index in [2.05, 4.69) is 22.7 Å². The molecular formula is C15H15N3OS. The lowest BCUT2D eigenvalue weighted by Crippen LogP contribution is -1.92. The molecule has 5 heteroatoms. The topological polar surface area (TPSA) is 39.4 Å². The van der Waals surface area contributed by atoms with E-state index in [0.29, 0.717) is 12.4 Å². The van der Waals surface area contributed by atoms with Crippen LogP contribution < -0.4 is 4.74 Å². The molecule has 0 N–H and O–H groups in total. The maximum absolute atomic E-state index is 5.55. The zero-order valence-corrected chi connectivity index (χ0v) is 12.0. The Kier molecular flexibility index (Phi) is 3.60. The zero-order valence-electron chi connectivity index (χ0n) is 11.2. The van der Waals surface area contributed by atoms with Crippen molar-refractivity contribution in [1.29, 1.82) is 0 Å². The van der Waals surface area contributed by atoms with E-state index in [-0.39, 0.29) is 0 Å². The Bertz CT molecular complexity index is 739. The molecular weight excluding hydrogens is 270 g/mol. The second kappa shape index (κ2) is 5.54. The molecule has 102 valence electrons. The Hall–Kier alpha value is -2.01. The Labute approximate surface area is 122 Å². The lowest BCUT2D eigenvalue weighted by Gasteiger charge is -2.05. The smallest absolute Gasteiger partial charge is 0.159 e. The van der Waals surface area contributed by atoms with Gasteiger partial charge in [0.05, 0.1) is 12.3 Å². The fourth-order valence-corrected chi connectivity index (χ4v) is 2.50. The first-order valence-corrected chi connectivity index (χ1v) is 7.13. The number of thiol groups is 1. The molecule has 3 aromatic rings. The Morgan fingerprint density at radius 2 is 2.20 bits per heavy atom. The SMILES string of the molecule is CCOc1cccc(-c2nn3cccnc3c2CS)c1. The molecule has 0 atom stereocenters. The molecule has 0 aliphatic heterocycles. The number of rotatable bonds is 4. The van der Waals surface area contributed by atoms with Crippen LogP contribution in [0.3, 0.4) is 0 Å². The summed E-state index contributed by atoms with van der Waals surface area (Å²) in [6.45, 7) is 2.62. The van der Waals surface area contributed by atoms with E-state index in [1.807, 2.05) is 43.5 Å². The Balaban J connectivity index is 2.16. The largest absolute Gasteiger partial charge is 0.494 e. The van der Waals surface area contributed by atoms with Gasteiger partial charge in [-0.05, 0) is 25.1 Å². The molecule has 2 aromatic heterocycles. The van der Waals surface area contributed by atoms with Crippen LogP contribution >= 0.6 is 12.6 Å². The van der Waals surface area contributed by atoms with Gasteiger partial charge in [0.2, 0.25) is 0 Å². The van der Waals surface area contributed by atoms with Crippen LogP contribution in [0.25, 0.3) is 16.9 Å². The third-order valence-electron chi connectivity index (χ3n) is 3.07. The van der Waals surface area contributed by atoms with Crippen molar-refractivity contribution >= 4 is 18.3 Å². The number of fused-ring (bicyclic) bond motifs is 1. The molecule has 0 amide bonds. The molecule has 0 unspecified atom stereocenters. The Morgan fingerprint density at radius 3 is 3.00 bits per heavy atom. The van der Waals surface area contributed by atoms with Gasteiger partial charge in [-0.15, -0.1) is 0 Å². The van der Waals surface area contributed by atoms with Gasteiger partial charge in [0.25, 0.3) is 0 Å². The second-order valence-electron chi connectivity index (χ2n) is 4.33. The van der Waals surface area contributed by atoms with Gasteiger partial charge in [0.15, 0.2) is 5.65 Å². The van der Waals surface area contributed by atoms with E-state index in [9.17, 15) is 0 Å². The van der Waals surface area contributed by atoms with Crippen LogP contribution in [0.1, 0.15) is 12.5 Å². The summed E-state index contributed by atoms with van der Waals surface area (Å²) in [4.78, 5) is 4.38. The third kappa shape index (κ3) is 2.25. The minimum absolute atomic E-state index is 0.592. The second-order valence-corrected chi connectivity index (χ2v) is 4.65. The van der Waals surface area contributed by atoms with Crippen LogP contribution in [0.4, 0.5) is 0 Å². The average Bonchev–Trinajstić information content (AvgIpc) is 2.86. The van der Waals surface area contributed by atoms with E-state index in [0.717, 1.165) is 28.2 Å². The molecule has 0 spiro atoms. The van der Waals surface area contributed by atoms with E-state index in [1.165, 1.54) is 0 Å². The molecule has 0 aliphatic carbocycles. The van der Waals surface area contributed by atoms with Crippen molar-refractivity contribution in [3.63, 3.8) is 0 Å². The van der Waals surface area contributed by atoms with Crippen LogP contribution in [-0.2, 0) is 5.75 Å². The van der Waals surface area contributed by atoms with Crippen molar-refractivity contribution in [2.24, 2.45) is 0 Å². The number of nitrogens with zero attached hydrogens (tertiary/aromatic N) is 3. The van der Waals surface area contributed by atoms with E-state index in [1.54, 1.807) is 10.7 Å². The Morgan fingerprint density at radius 1 is 1.30 bits per heavy atom. The summed E-state index contributed by atoms with van der Waals surface area (Å²) in [7, 11) is 0. The molecule has 3 rings (SSSR count). The molecule has 20 heavy (non-hydrogen) atoms. The summed E-state index contributed by atoms with van der Waals surface area (Å²) in [6, 6.07) is 9.81. The molecule has 1 aromatic carbocycles. The van der Waals surface area contributed by atoms with E-state index in [4.69, 9.17) is 4.74 Å². The number of hydrogen-bond acceptors (Lipinski definition) is 4. The van der Waals surface area contributed by atoms with Crippen LogP contribution in [0.2, 0.25) is 0 Å². The van der Waals surface area contributed by atoms with Crippen molar-refractivity contribution in [2.45, 2.75) is 12.7 Å². The first-order chi connectivity index (χ1) is 9.83. The summed E-state index contributed by atoms with van der Waals surface area (Å²) >= 11 is 4.41. The average molecular weight is 285 g/mol. The number of ether oxygens (including phenoxy) is 1. The first-order valence-electron chi connectivity index (χ1n) is 6.49. The molecule has 0 aliphatic rings. The predicted octanol–water partition coefficient (Wildman–Crippen LogP) is 3.22. The van der Waals surface area contributed by atoms with Gasteiger partial charge < -0.3 is 4.74 Å². The summed E-state index contributed by atoms with van der Waals surface area (Å²) < 4.78 is 7.33. The van der Waals surface area contributed by atoms with Gasteiger partial charge in [-0.25, -0.2) is 9.50 Å². The molecule has 0 radical (unpaired) electrons. The summed E-state index contributed by atoms with van der Waals surface area (Å²) in [6.07, 6.45) is 3.66. The summed E-state index contributed by atoms with van der Waals surface area (Å²) in [5.74, 6) is 1.44. The normalized spacial score (nSPS) is 10.9. The molecule has 4 nitrogen and oxygen atoms in total. The van der Waals surface area contributed by atoms with Crippen molar-refractivity contribution in [2.75, 3.05) is 6.61 Å². The highest BCUT2D eigenvalue weighted by molar-refractivity contribution is 7.79. The fourth-order valence-electron chi connectivity index (χ4n) is 2.21. The standard InChI is InChI=1S/C15H15N3OS/c1-2-19-12-6-3-5-11(9-12)14-13(10-20)15-16-7-4-8-18(15)17-14/h3-9,20H,2,10H2,1H3.